The van der Waals surface area contributed by atoms with E-state index in [4.69, 9.17) is 11.5 Å². The Labute approximate surface area is 556 Å². The number of carbonyl (C=O) groups excluding carboxylic acids is 9. The first-order valence-corrected chi connectivity index (χ1v) is 33.4. The average molecular weight is 1340 g/mol. The van der Waals surface area contributed by atoms with E-state index in [0.29, 0.717) is 45.1 Å². The van der Waals surface area contributed by atoms with Gasteiger partial charge in [0.25, 0.3) is 0 Å². The first kappa shape index (κ1) is 73.0. The second kappa shape index (κ2) is 36.3. The zero-order valence-corrected chi connectivity index (χ0v) is 53.9. The van der Waals surface area contributed by atoms with Crippen LogP contribution in [-0.4, -0.2) is 180 Å². The molecule has 95 heavy (non-hydrogen) atoms. The number of hydrogen-bond acceptors (Lipinski definition) is 18. The first-order valence-electron chi connectivity index (χ1n) is 30.9. The molecular weight excluding hydrogens is 1260 g/mol. The Balaban J connectivity index is 1.30. The van der Waals surface area contributed by atoms with E-state index < -0.39 is 138 Å². The molecule has 0 saturated carbocycles. The lowest BCUT2D eigenvalue weighted by Crippen LogP contribution is -2.63. The minimum Gasteiger partial charge on any atom is -0.508 e. The van der Waals surface area contributed by atoms with Gasteiger partial charge in [0, 0.05) is 66.7 Å². The fraction of sp³-hybridized carbons (Fsp3) is 0.379. The number of carboxylic acid groups (broad SMARTS) is 1. The third-order valence-corrected chi connectivity index (χ3v) is 18.0. The number of amides is 9. The number of unbranched alkanes of at least 4 members (excludes halogenated alkanes) is 1. The highest BCUT2D eigenvalue weighted by molar-refractivity contribution is 8.76. The van der Waals surface area contributed by atoms with Gasteiger partial charge >= 0.3 is 5.97 Å². The number of aromatic hydroxyl groups is 1. The van der Waals surface area contributed by atoms with Crippen molar-refractivity contribution in [3.8, 4) is 5.75 Å². The maximum atomic E-state index is 15.2. The van der Waals surface area contributed by atoms with E-state index in [1.165, 1.54) is 31.5 Å². The van der Waals surface area contributed by atoms with Gasteiger partial charge in [-0.25, -0.2) is 4.79 Å². The highest BCUT2D eigenvalue weighted by Crippen LogP contribution is 2.25. The Morgan fingerprint density at radius 2 is 1.04 bits per heavy atom. The Bertz CT molecular complexity index is 3570. The lowest BCUT2D eigenvalue weighted by atomic mass is 10.00. The number of benzene rings is 4. The molecule has 7 rings (SSSR count). The number of phenolic OH excluding ortho intramolecular Hbond substituents is 1. The number of aliphatic hydroxyl groups is 2. The van der Waals surface area contributed by atoms with Crippen LogP contribution in [0, 0.1) is 0 Å². The number of phenols is 1. The standard InChI is InChI=1S/C66H81N13O14S2/c1-37(80)55-64(90)75-50(30-40-16-7-4-8-17-40)61(87)79-56(38(2)81)65(91)77-54(66(92)93)36-95-94-35-53(76-57(83)46(68)28-41-22-24-44(82)25-23-41)63(89)71-48(21-11-12-26-67)58(84)72-49(29-39-14-5-3-6-15-39)59(85)74-52(32-43-34-70-47-20-10-9-19-45(43)47)60(86)73-51(62(88)78-55)31-42-18-13-27-69-33-42/h3-10,13-20,22-25,27,33-34,37-38,46,48-56,70,80-82H,11-12,21,26,28-32,35-36,67-68H2,1-2H3,(H,71,89)(H,72,84)(H,73,86)(H,74,85)(H,75,90)(H,76,83)(H,77,91)(H,78,88)(H,79,87)(H,92,93)/t37-,38-,46+,48+,49+,50+,51+,52-,53+,54+,55+,56+/m1/s1. The van der Waals surface area contributed by atoms with Gasteiger partial charge in [-0.3, -0.25) is 48.1 Å². The lowest BCUT2D eigenvalue weighted by molar-refractivity contribution is -0.142. The molecule has 0 spiro atoms. The van der Waals surface area contributed by atoms with E-state index in [0.717, 1.165) is 28.5 Å². The summed E-state index contributed by atoms with van der Waals surface area (Å²) in [5.41, 5.74) is 15.6. The van der Waals surface area contributed by atoms with Gasteiger partial charge in [-0.1, -0.05) is 119 Å². The van der Waals surface area contributed by atoms with Gasteiger partial charge in [-0.05, 0) is 98.2 Å². The van der Waals surface area contributed by atoms with E-state index >= 15 is 9.59 Å². The number of para-hydroxylation sites is 1. The van der Waals surface area contributed by atoms with Gasteiger partial charge in [0.1, 0.15) is 60.1 Å². The lowest BCUT2D eigenvalue weighted by Gasteiger charge is -2.29. The molecule has 0 unspecified atom stereocenters. The number of nitrogens with zero attached hydrogens (tertiary/aromatic N) is 1. The second-order valence-electron chi connectivity index (χ2n) is 23.1. The highest BCUT2D eigenvalue weighted by Gasteiger charge is 2.38. The summed E-state index contributed by atoms with van der Waals surface area (Å²) in [4.78, 5) is 152. The largest absolute Gasteiger partial charge is 0.508 e. The van der Waals surface area contributed by atoms with Crippen molar-refractivity contribution < 1.29 is 68.4 Å². The fourth-order valence-corrected chi connectivity index (χ4v) is 12.7. The summed E-state index contributed by atoms with van der Waals surface area (Å²) < 4.78 is 0. The van der Waals surface area contributed by atoms with Crippen LogP contribution in [0.3, 0.4) is 0 Å². The number of aliphatic hydroxyl groups excluding tert-OH is 2. The molecule has 12 atom stereocenters. The molecule has 1 aliphatic rings. The average Bonchev–Trinajstić information content (AvgIpc) is 1.78. The summed E-state index contributed by atoms with van der Waals surface area (Å²) in [5, 5.41) is 66.8. The number of fused-ring (bicyclic) bond motifs is 1. The van der Waals surface area contributed by atoms with Crippen molar-refractivity contribution in [1.82, 2.24) is 57.8 Å². The van der Waals surface area contributed by atoms with Crippen molar-refractivity contribution in [2.75, 3.05) is 18.1 Å². The van der Waals surface area contributed by atoms with Crippen molar-refractivity contribution in [2.45, 2.75) is 138 Å². The quantitative estimate of drug-likeness (QED) is 0.0370. The number of nitrogens with one attached hydrogen (secondary N) is 10. The predicted octanol–water partition coefficient (Wildman–Crippen LogP) is -0.158. The van der Waals surface area contributed by atoms with Gasteiger partial charge in [0.15, 0.2) is 0 Å². The van der Waals surface area contributed by atoms with Gasteiger partial charge in [-0.2, -0.15) is 0 Å². The van der Waals surface area contributed by atoms with Crippen molar-refractivity contribution in [2.24, 2.45) is 11.5 Å². The fourth-order valence-electron chi connectivity index (χ4n) is 10.4. The van der Waals surface area contributed by atoms with Crippen molar-refractivity contribution in [3.63, 3.8) is 0 Å². The second-order valence-corrected chi connectivity index (χ2v) is 25.6. The van der Waals surface area contributed by atoms with E-state index in [9.17, 15) is 58.8 Å². The Hall–Kier alpha value is -9.39. The molecule has 2 aromatic heterocycles. The Morgan fingerprint density at radius 1 is 0.558 bits per heavy atom. The molecule has 0 aliphatic carbocycles. The molecule has 1 saturated heterocycles. The number of H-pyrrole nitrogens is 1. The zero-order chi connectivity index (χ0) is 68.6. The number of rotatable bonds is 19. The van der Waals surface area contributed by atoms with Crippen molar-refractivity contribution >= 4 is 91.6 Å². The summed E-state index contributed by atoms with van der Waals surface area (Å²) in [6.07, 6.45) is 0.932. The number of aromatic amines is 1. The van der Waals surface area contributed by atoms with Crippen LogP contribution in [0.25, 0.3) is 10.9 Å². The number of aliphatic carboxylic acids is 1. The minimum atomic E-state index is -1.85. The monoisotopic (exact) mass is 1340 g/mol. The normalized spacial score (nSPS) is 23.0. The van der Waals surface area contributed by atoms with E-state index in [2.05, 4.69) is 57.8 Å². The molecule has 0 radical (unpaired) electrons. The molecule has 1 aliphatic heterocycles. The molecule has 9 amide bonds. The third kappa shape index (κ3) is 22.4. The maximum Gasteiger partial charge on any atom is 0.327 e. The van der Waals surface area contributed by atoms with Crippen LogP contribution in [0.4, 0.5) is 0 Å². The molecule has 0 bridgehead atoms. The molecule has 29 heteroatoms. The predicted molar refractivity (Wildman–Crippen MR) is 356 cm³/mol. The molecule has 6 aromatic rings. The number of nitrogens with two attached hydrogens (primary N) is 2. The topological polar surface area (TPSA) is 441 Å². The molecule has 506 valence electrons. The molecule has 18 N–H and O–H groups in total. The van der Waals surface area contributed by atoms with Crippen LogP contribution in [-0.2, 0) is 80.0 Å². The summed E-state index contributed by atoms with van der Waals surface area (Å²) in [6, 6.07) is 17.5. The number of aromatic nitrogens is 2. The Morgan fingerprint density at radius 3 is 1.59 bits per heavy atom. The van der Waals surface area contributed by atoms with Crippen LogP contribution in [0.2, 0.25) is 0 Å². The smallest absolute Gasteiger partial charge is 0.327 e. The first-order chi connectivity index (χ1) is 45.6. The van der Waals surface area contributed by atoms with Gasteiger partial charge in [0.2, 0.25) is 53.2 Å². The molecule has 1 fully saturated rings. The van der Waals surface area contributed by atoms with Crippen LogP contribution in [0.5, 0.6) is 5.75 Å². The van der Waals surface area contributed by atoms with Crippen molar-refractivity contribution in [1.29, 1.82) is 0 Å². The van der Waals surface area contributed by atoms with E-state index in [-0.39, 0.29) is 63.0 Å². The summed E-state index contributed by atoms with van der Waals surface area (Å²) in [5.74, 6) is -11.0. The SMILES string of the molecule is C[C@@H](O)[C@@H]1NC(=O)[C@H](Cc2ccccc2)NC(=O)[C@H]([C@@H](C)O)NC(=O)[C@H](Cc2cccnc2)NC(=O)[C@@H](Cc2c[nH]c3ccccc23)NC(=O)[C@H](Cc2ccccc2)NC(=O)[C@H](CCCCN)NC(=O)[C@@H](NC(=O)[C@@H](N)Cc2ccc(O)cc2)CSSC[C@@H](C(=O)O)NC1=O. The number of hydrogen-bond donors (Lipinski definition) is 16. The number of carboxylic acids is 1. The third-order valence-electron chi connectivity index (χ3n) is 15.6. The number of pyridine rings is 1. The summed E-state index contributed by atoms with van der Waals surface area (Å²) in [7, 11) is 1.76. The van der Waals surface area contributed by atoms with Crippen LogP contribution >= 0.6 is 21.6 Å². The van der Waals surface area contributed by atoms with E-state index in [1.807, 2.05) is 6.07 Å². The van der Waals surface area contributed by atoms with Gasteiger partial charge in [0.05, 0.1) is 18.2 Å². The van der Waals surface area contributed by atoms with Crippen molar-refractivity contribution in [3.05, 3.63) is 168 Å². The molecule has 3 heterocycles. The van der Waals surface area contributed by atoms with Crippen LogP contribution < -0.4 is 59.3 Å². The zero-order valence-electron chi connectivity index (χ0n) is 52.3. The van der Waals surface area contributed by atoms with E-state index in [1.54, 1.807) is 109 Å². The Kier molecular flexibility index (Phi) is 27.9. The molecular formula is C66H81N13O14S2. The maximum absolute atomic E-state index is 15.2. The highest BCUT2D eigenvalue weighted by atomic mass is 33.1. The molecule has 4 aromatic carbocycles. The summed E-state index contributed by atoms with van der Waals surface area (Å²) in [6.45, 7) is 2.56. The van der Waals surface area contributed by atoms with Gasteiger partial charge in [-0.15, -0.1) is 0 Å². The number of carbonyl (C=O) groups is 10. The van der Waals surface area contributed by atoms with Crippen LogP contribution in [0.15, 0.2) is 140 Å². The minimum absolute atomic E-state index is 0.0288. The van der Waals surface area contributed by atoms with Gasteiger partial charge < -0.3 is 84.7 Å². The van der Waals surface area contributed by atoms with Crippen LogP contribution in [0.1, 0.15) is 60.9 Å². The summed E-state index contributed by atoms with van der Waals surface area (Å²) >= 11 is 0. The molecule has 27 nitrogen and oxygen atoms in total.